The summed E-state index contributed by atoms with van der Waals surface area (Å²) in [5.41, 5.74) is 22.2. The Morgan fingerprint density at radius 1 is 0.280 bits per heavy atom. The molecule has 0 bridgehead atoms. The summed E-state index contributed by atoms with van der Waals surface area (Å²) >= 11 is 11.6. The molecule has 4 aliphatic rings. The molecule has 664 valence electrons. The Kier molecular flexibility index (Phi) is 24.6. The van der Waals surface area contributed by atoms with Gasteiger partial charge in [0.2, 0.25) is 23.1 Å². The number of benzene rings is 12. The average molecular weight is 1850 g/mol. The van der Waals surface area contributed by atoms with Crippen LogP contribution in [0.3, 0.4) is 0 Å². The van der Waals surface area contributed by atoms with E-state index in [4.69, 9.17) is 11.6 Å². The number of phenolic OH excluding ortho intramolecular Hbond substituents is 4. The zero-order valence-electron chi connectivity index (χ0n) is 73.5. The summed E-state index contributed by atoms with van der Waals surface area (Å²) in [5.74, 6) is -4.13. The van der Waals surface area contributed by atoms with E-state index in [0.29, 0.717) is 72.5 Å². The summed E-state index contributed by atoms with van der Waals surface area (Å²) < 4.78 is 17.2. The second kappa shape index (κ2) is 36.0. The van der Waals surface area contributed by atoms with Crippen LogP contribution in [-0.2, 0) is 19.2 Å². The van der Waals surface area contributed by atoms with Crippen molar-refractivity contribution in [2.24, 2.45) is 23.7 Å². The first-order valence-corrected chi connectivity index (χ1v) is 46.8. The van der Waals surface area contributed by atoms with Gasteiger partial charge in [0.25, 0.3) is 0 Å². The third kappa shape index (κ3) is 17.9. The lowest BCUT2D eigenvalue weighted by molar-refractivity contribution is -0.139. The number of hydrogen-bond donors (Lipinski definition) is 8. The third-order valence-corrected chi connectivity index (χ3v) is 30.5. The molecular formula is C110H90ClFO16S4. The highest BCUT2D eigenvalue weighted by Crippen LogP contribution is 2.54. The fourth-order valence-electron chi connectivity index (χ4n) is 19.1. The molecule has 22 heteroatoms. The first-order valence-electron chi connectivity index (χ1n) is 43.2. The van der Waals surface area contributed by atoms with E-state index >= 15 is 0 Å². The first kappa shape index (κ1) is 90.4. The zero-order valence-corrected chi connectivity index (χ0v) is 77.5. The van der Waals surface area contributed by atoms with Crippen LogP contribution in [0.4, 0.5) is 4.39 Å². The molecule has 132 heavy (non-hydrogen) atoms. The van der Waals surface area contributed by atoms with Gasteiger partial charge in [0, 0.05) is 89.9 Å². The van der Waals surface area contributed by atoms with Crippen LogP contribution in [0.2, 0.25) is 5.02 Å². The van der Waals surface area contributed by atoms with Crippen molar-refractivity contribution in [3.8, 4) is 67.5 Å². The Hall–Kier alpha value is -13.5. The molecule has 4 fully saturated rings. The standard InChI is InChI=1S/2C28H24O4S.C27H21ClO4S.C27H21FO4S/c2*1-14-10-15(2)24(16(3)11-14)26(30)27-25(20-9-8-19(29)12-23(20)33-27)18-6-4-17(5-7-18)21-13-22(21)28(31)32;2*1-13-9-17(28)10-14(2)23(13)25(30)26-24(19-8-7-18(29)11-22(19)33-26)16-5-3-15(4-6-16)20-12-21(20)27(31)32/h2*4-12,21-22,29H,13H2,1-3H3,(H,31,32);2*3-11,20-21,29H,12H2,1-2H3,(H,31,32). The summed E-state index contributed by atoms with van der Waals surface area (Å²) in [4.78, 5) is 103. The Balaban J connectivity index is 0.000000123. The van der Waals surface area contributed by atoms with Crippen LogP contribution >= 0.6 is 56.9 Å². The predicted molar refractivity (Wildman–Crippen MR) is 521 cm³/mol. The molecule has 8 atom stereocenters. The molecule has 0 aliphatic heterocycles. The van der Waals surface area contributed by atoms with Crippen molar-refractivity contribution in [3.63, 3.8) is 0 Å². The number of aryl methyl sites for hydroxylation is 10. The summed E-state index contributed by atoms with van der Waals surface area (Å²) in [5, 5.41) is 81.2. The van der Waals surface area contributed by atoms with Crippen LogP contribution in [0.15, 0.2) is 218 Å². The molecule has 16 aromatic rings. The zero-order chi connectivity index (χ0) is 93.8. The number of carboxylic acid groups (broad SMARTS) is 4. The summed E-state index contributed by atoms with van der Waals surface area (Å²) in [6.45, 7) is 19.1. The second-order valence-corrected chi connectivity index (χ2v) is 39.9. The number of carbonyl (C=O) groups excluding carboxylic acids is 4. The number of rotatable bonds is 20. The lowest BCUT2D eigenvalue weighted by Gasteiger charge is -2.11. The molecule has 0 radical (unpaired) electrons. The number of carbonyl (C=O) groups is 8. The maximum atomic E-state index is 13.8. The largest absolute Gasteiger partial charge is 0.508 e. The van der Waals surface area contributed by atoms with Gasteiger partial charge >= 0.3 is 23.9 Å². The first-order chi connectivity index (χ1) is 63.0. The lowest BCUT2D eigenvalue weighted by Crippen LogP contribution is -2.06. The fraction of sp³-hybridized carbons (Fsp3) is 0.200. The maximum Gasteiger partial charge on any atom is 0.307 e. The van der Waals surface area contributed by atoms with Gasteiger partial charge in [0.15, 0.2) is 0 Å². The molecule has 0 amide bonds. The van der Waals surface area contributed by atoms with Gasteiger partial charge in [-0.05, 0) is 305 Å². The lowest BCUT2D eigenvalue weighted by atomic mass is 9.92. The van der Waals surface area contributed by atoms with E-state index in [2.05, 4.69) is 0 Å². The molecule has 4 aliphatic carbocycles. The van der Waals surface area contributed by atoms with Gasteiger partial charge in [-0.15, -0.1) is 45.3 Å². The minimum atomic E-state index is -0.773. The molecule has 8 N–H and O–H groups in total. The Morgan fingerprint density at radius 3 is 0.674 bits per heavy atom. The molecule has 4 saturated carbocycles. The van der Waals surface area contributed by atoms with Gasteiger partial charge < -0.3 is 40.9 Å². The van der Waals surface area contributed by atoms with Gasteiger partial charge in [0.05, 0.1) is 43.2 Å². The molecule has 8 unspecified atom stereocenters. The van der Waals surface area contributed by atoms with Crippen molar-refractivity contribution in [2.75, 3.05) is 0 Å². The van der Waals surface area contributed by atoms with Crippen LogP contribution in [-0.4, -0.2) is 87.9 Å². The van der Waals surface area contributed by atoms with Crippen LogP contribution < -0.4 is 0 Å². The highest BCUT2D eigenvalue weighted by atomic mass is 35.5. The van der Waals surface area contributed by atoms with Crippen molar-refractivity contribution >= 4 is 144 Å². The number of aromatic hydroxyl groups is 4. The van der Waals surface area contributed by atoms with E-state index in [1.807, 2.05) is 195 Å². The van der Waals surface area contributed by atoms with Crippen molar-refractivity contribution in [1.82, 2.24) is 0 Å². The van der Waals surface area contributed by atoms with Crippen LogP contribution in [0.5, 0.6) is 23.0 Å². The molecular weight excluding hydrogens is 1760 g/mol. The molecule has 4 aromatic heterocycles. The number of halogens is 2. The van der Waals surface area contributed by atoms with Crippen molar-refractivity contribution < 1.29 is 83.6 Å². The topological polar surface area (TPSA) is 298 Å². The third-order valence-electron chi connectivity index (χ3n) is 25.7. The van der Waals surface area contributed by atoms with Crippen LogP contribution in [0.1, 0.15) is 188 Å². The van der Waals surface area contributed by atoms with Gasteiger partial charge in [-0.25, -0.2) is 4.39 Å². The number of thiophene rings is 4. The number of carboxylic acids is 4. The van der Waals surface area contributed by atoms with Crippen LogP contribution in [0, 0.1) is 98.7 Å². The normalized spacial score (nSPS) is 17.3. The van der Waals surface area contributed by atoms with Crippen molar-refractivity contribution in [3.05, 3.63) is 349 Å². The monoisotopic (exact) mass is 1850 g/mol. The SMILES string of the molecule is Cc1cc(C)c(C(=O)c2sc3cc(O)ccc3c2-c2ccc(C3CC3C(=O)O)cc2)c(C)c1.Cc1cc(C)c(C(=O)c2sc3cc(O)ccc3c2-c2ccc(C3CC3C(=O)O)cc2)c(C)c1.Cc1cc(Cl)cc(C)c1C(=O)c1sc2cc(O)ccc2c1-c1ccc(C2CC2C(=O)O)cc1.Cc1cc(F)cc(C)c1C(=O)c1sc2cc(O)ccc2c1-c1ccc(C2CC2C(=O)O)cc1. The highest BCUT2D eigenvalue weighted by Gasteiger charge is 2.47. The fourth-order valence-corrected chi connectivity index (χ4v) is 24.3. The molecule has 16 nitrogen and oxygen atoms in total. The van der Waals surface area contributed by atoms with Gasteiger partial charge in [0.1, 0.15) is 28.8 Å². The number of aliphatic carboxylic acids is 4. The number of phenols is 4. The van der Waals surface area contributed by atoms with E-state index < -0.39 is 23.9 Å². The summed E-state index contributed by atoms with van der Waals surface area (Å²) in [7, 11) is 0. The van der Waals surface area contributed by atoms with E-state index in [0.717, 1.165) is 163 Å². The number of ketones is 4. The van der Waals surface area contributed by atoms with Crippen LogP contribution in [0.25, 0.3) is 84.9 Å². The molecule has 0 spiro atoms. The molecule has 4 heterocycles. The van der Waals surface area contributed by atoms with E-state index in [-0.39, 0.29) is 99.3 Å². The van der Waals surface area contributed by atoms with Crippen molar-refractivity contribution in [1.29, 1.82) is 0 Å². The Labute approximate surface area is 780 Å². The Morgan fingerprint density at radius 2 is 0.477 bits per heavy atom. The van der Waals surface area contributed by atoms with E-state index in [9.17, 15) is 83.6 Å². The summed E-state index contributed by atoms with van der Waals surface area (Å²) in [6.07, 6.45) is 2.65. The van der Waals surface area contributed by atoms with Crippen molar-refractivity contribution in [2.45, 2.75) is 119 Å². The Bertz CT molecular complexity index is 6520. The van der Waals surface area contributed by atoms with Gasteiger partial charge in [-0.1, -0.05) is 144 Å². The van der Waals surface area contributed by atoms with Gasteiger partial charge in [-0.2, -0.15) is 0 Å². The quantitative estimate of drug-likeness (QED) is 0.0329. The molecule has 0 saturated heterocycles. The molecule has 20 rings (SSSR count). The number of hydrogen-bond acceptors (Lipinski definition) is 16. The van der Waals surface area contributed by atoms with Gasteiger partial charge in [-0.3, -0.25) is 38.4 Å². The highest BCUT2D eigenvalue weighted by molar-refractivity contribution is 7.23. The average Bonchev–Trinajstić information content (AvgIpc) is 1.63. The molecule has 12 aromatic carbocycles. The number of fused-ring (bicyclic) bond motifs is 4. The predicted octanol–water partition coefficient (Wildman–Crippen LogP) is 26.6. The van der Waals surface area contributed by atoms with E-state index in [1.165, 1.54) is 57.5 Å². The summed E-state index contributed by atoms with van der Waals surface area (Å²) in [6, 6.07) is 66.4. The minimum Gasteiger partial charge on any atom is -0.508 e. The second-order valence-electron chi connectivity index (χ2n) is 35.3. The minimum absolute atomic E-state index is 0.0158. The van der Waals surface area contributed by atoms with E-state index in [1.54, 1.807) is 80.6 Å². The smallest absolute Gasteiger partial charge is 0.307 e. The maximum absolute atomic E-state index is 13.8.